The number of rotatable bonds is 11. The van der Waals surface area contributed by atoms with Gasteiger partial charge < -0.3 is 24.3 Å². The molecule has 0 radical (unpaired) electrons. The van der Waals surface area contributed by atoms with Gasteiger partial charge in [-0.3, -0.25) is 9.59 Å². The van der Waals surface area contributed by atoms with E-state index in [1.165, 1.54) is 33.3 Å². The number of hydrogen-bond acceptors (Lipinski definition) is 8. The van der Waals surface area contributed by atoms with Crippen LogP contribution in [0.1, 0.15) is 20.8 Å². The highest BCUT2D eigenvalue weighted by Gasteiger charge is 2.25. The number of amides is 1. The molecule has 0 aliphatic heterocycles. The summed E-state index contributed by atoms with van der Waals surface area (Å²) in [7, 11) is 2.86. The Morgan fingerprint density at radius 2 is 1.67 bits per heavy atom. The number of ketones is 1. The minimum absolute atomic E-state index is 0.186. The number of azo groups is 1. The molecular formula is C22H25Cl2N3O6. The molecule has 11 heteroatoms. The Hall–Kier alpha value is -3.04. The Balaban J connectivity index is 2.36. The minimum atomic E-state index is -1.43. The first-order chi connectivity index (χ1) is 15.8. The van der Waals surface area contributed by atoms with E-state index in [0.717, 1.165) is 0 Å². The summed E-state index contributed by atoms with van der Waals surface area (Å²) in [5.74, 6) is 0.0193. The van der Waals surface area contributed by atoms with Crippen LogP contribution in [0.3, 0.4) is 0 Å². The highest BCUT2D eigenvalue weighted by atomic mass is 35.5. The van der Waals surface area contributed by atoms with Gasteiger partial charge >= 0.3 is 0 Å². The molecular weight excluding hydrogens is 473 g/mol. The molecule has 1 unspecified atom stereocenters. The summed E-state index contributed by atoms with van der Waals surface area (Å²) < 4.78 is 21.4. The largest absolute Gasteiger partial charge is 0.495 e. The van der Waals surface area contributed by atoms with E-state index < -0.39 is 17.7 Å². The monoisotopic (exact) mass is 497 g/mol. The van der Waals surface area contributed by atoms with Crippen molar-refractivity contribution in [1.82, 2.24) is 0 Å². The maximum Gasteiger partial charge on any atom is 0.258 e. The normalized spacial score (nSPS) is 11.7. The molecule has 2 aromatic rings. The molecule has 0 spiro atoms. The Bertz CT molecular complexity index is 1050. The zero-order valence-corrected chi connectivity index (χ0v) is 20.4. The molecule has 0 aliphatic rings. The minimum Gasteiger partial charge on any atom is -0.495 e. The lowest BCUT2D eigenvalue weighted by molar-refractivity contribution is -0.126. The standard InChI is InChI=1S/C22H25Cl2N3O6/c1-6-32-17-11-15(18(33-7-2)10-13(17)23)25-22(29)20(12(3)28)27-26-14-8-9-16(30-4)19(24)21(14)31-5/h8-11,20H,6-7H2,1-5H3,(H,25,29). The molecule has 0 saturated heterocycles. The Labute approximate surface area is 202 Å². The number of carbonyl (C=O) groups is 2. The van der Waals surface area contributed by atoms with E-state index in [1.54, 1.807) is 26.0 Å². The molecule has 1 amide bonds. The van der Waals surface area contributed by atoms with Crippen LogP contribution in [-0.2, 0) is 9.59 Å². The maximum atomic E-state index is 12.9. The summed E-state index contributed by atoms with van der Waals surface area (Å²) in [5.41, 5.74) is 0.503. The first kappa shape index (κ1) is 26.2. The second kappa shape index (κ2) is 12.3. The molecule has 0 aliphatic carbocycles. The summed E-state index contributed by atoms with van der Waals surface area (Å²) in [4.78, 5) is 25.1. The highest BCUT2D eigenvalue weighted by Crippen LogP contribution is 2.41. The molecule has 33 heavy (non-hydrogen) atoms. The summed E-state index contributed by atoms with van der Waals surface area (Å²) >= 11 is 12.4. The summed E-state index contributed by atoms with van der Waals surface area (Å²) in [5, 5.41) is 11.1. The fraction of sp³-hybridized carbons (Fsp3) is 0.364. The Kier molecular flexibility index (Phi) is 9.74. The third kappa shape index (κ3) is 6.49. The van der Waals surface area contributed by atoms with Crippen LogP contribution in [0.2, 0.25) is 10.0 Å². The number of hydrogen-bond donors (Lipinski definition) is 1. The van der Waals surface area contributed by atoms with Crippen LogP contribution in [0.25, 0.3) is 0 Å². The van der Waals surface area contributed by atoms with Crippen LogP contribution in [0, 0.1) is 0 Å². The van der Waals surface area contributed by atoms with Crippen LogP contribution in [0.4, 0.5) is 11.4 Å². The third-order valence-electron chi connectivity index (χ3n) is 4.27. The number of methoxy groups -OCH3 is 2. The second-order valence-electron chi connectivity index (χ2n) is 6.50. The van der Waals surface area contributed by atoms with Crippen LogP contribution in [0.15, 0.2) is 34.5 Å². The van der Waals surface area contributed by atoms with Gasteiger partial charge in [-0.1, -0.05) is 23.2 Å². The molecule has 2 rings (SSSR count). The highest BCUT2D eigenvalue weighted by molar-refractivity contribution is 6.34. The molecule has 0 heterocycles. The quantitative estimate of drug-likeness (QED) is 0.324. The van der Waals surface area contributed by atoms with E-state index >= 15 is 0 Å². The summed E-state index contributed by atoms with van der Waals surface area (Å²) in [6, 6.07) is 4.73. The SMILES string of the molecule is CCOc1cc(NC(=O)C(N=Nc2ccc(OC)c(Cl)c2OC)C(C)=O)c(OCC)cc1Cl. The molecule has 0 fully saturated rings. The van der Waals surface area contributed by atoms with E-state index in [1.807, 2.05) is 0 Å². The topological polar surface area (TPSA) is 108 Å². The first-order valence-corrected chi connectivity index (χ1v) is 10.7. The number of halogens is 2. The van der Waals surface area contributed by atoms with Gasteiger partial charge in [-0.2, -0.15) is 10.2 Å². The van der Waals surface area contributed by atoms with Gasteiger partial charge in [0.25, 0.3) is 5.91 Å². The van der Waals surface area contributed by atoms with Crippen LogP contribution < -0.4 is 24.3 Å². The van der Waals surface area contributed by atoms with E-state index in [2.05, 4.69) is 15.5 Å². The van der Waals surface area contributed by atoms with Crippen molar-refractivity contribution < 1.29 is 28.5 Å². The van der Waals surface area contributed by atoms with Crippen LogP contribution >= 0.6 is 23.2 Å². The van der Waals surface area contributed by atoms with Gasteiger partial charge in [0.05, 0.1) is 38.1 Å². The van der Waals surface area contributed by atoms with Crippen LogP contribution in [0.5, 0.6) is 23.0 Å². The van der Waals surface area contributed by atoms with Crippen molar-refractivity contribution in [2.24, 2.45) is 10.2 Å². The molecule has 178 valence electrons. The van der Waals surface area contributed by atoms with Crippen molar-refractivity contribution in [3.05, 3.63) is 34.3 Å². The van der Waals surface area contributed by atoms with Crippen LogP contribution in [-0.4, -0.2) is 45.2 Å². The lowest BCUT2D eigenvalue weighted by Crippen LogP contribution is -2.32. The number of carbonyl (C=O) groups excluding carboxylic acids is 2. The summed E-state index contributed by atoms with van der Waals surface area (Å²) in [6.07, 6.45) is 0. The maximum absolute atomic E-state index is 12.9. The average Bonchev–Trinajstić information content (AvgIpc) is 2.77. The Morgan fingerprint density at radius 1 is 1.00 bits per heavy atom. The number of anilines is 1. The average molecular weight is 498 g/mol. The number of benzene rings is 2. The van der Waals surface area contributed by atoms with E-state index in [9.17, 15) is 9.59 Å². The van der Waals surface area contributed by atoms with E-state index in [0.29, 0.717) is 35.5 Å². The van der Waals surface area contributed by atoms with Gasteiger partial charge in [0.15, 0.2) is 11.5 Å². The van der Waals surface area contributed by atoms with Gasteiger partial charge in [0.2, 0.25) is 6.04 Å². The van der Waals surface area contributed by atoms with Crippen molar-refractivity contribution >= 4 is 46.3 Å². The summed E-state index contributed by atoms with van der Waals surface area (Å²) in [6.45, 7) is 5.53. The molecule has 9 nitrogen and oxygen atoms in total. The molecule has 0 aromatic heterocycles. The number of Topliss-reactive ketones (excluding diaryl/α,β-unsaturated/α-hetero) is 1. The predicted octanol–water partition coefficient (Wildman–Crippen LogP) is 5.49. The van der Waals surface area contributed by atoms with Crippen molar-refractivity contribution in [2.45, 2.75) is 26.8 Å². The van der Waals surface area contributed by atoms with E-state index in [4.69, 9.17) is 42.1 Å². The van der Waals surface area contributed by atoms with Crippen molar-refractivity contribution in [3.63, 3.8) is 0 Å². The number of nitrogens with zero attached hydrogens (tertiary/aromatic N) is 2. The molecule has 0 saturated carbocycles. The molecule has 1 N–H and O–H groups in total. The van der Waals surface area contributed by atoms with Gasteiger partial charge in [-0.15, -0.1) is 0 Å². The van der Waals surface area contributed by atoms with Crippen molar-refractivity contribution in [3.8, 4) is 23.0 Å². The lowest BCUT2D eigenvalue weighted by atomic mass is 10.2. The lowest BCUT2D eigenvalue weighted by Gasteiger charge is -2.16. The van der Waals surface area contributed by atoms with E-state index in [-0.39, 0.29) is 22.1 Å². The van der Waals surface area contributed by atoms with Gasteiger partial charge in [0.1, 0.15) is 28.0 Å². The van der Waals surface area contributed by atoms with Crippen molar-refractivity contribution in [1.29, 1.82) is 0 Å². The van der Waals surface area contributed by atoms with Crippen molar-refractivity contribution in [2.75, 3.05) is 32.8 Å². The zero-order chi connectivity index (χ0) is 24.5. The number of ether oxygens (including phenoxy) is 4. The van der Waals surface area contributed by atoms with Gasteiger partial charge in [0, 0.05) is 12.1 Å². The number of nitrogens with one attached hydrogen (secondary N) is 1. The first-order valence-electron chi connectivity index (χ1n) is 9.99. The predicted molar refractivity (Wildman–Crippen MR) is 126 cm³/mol. The smallest absolute Gasteiger partial charge is 0.258 e. The fourth-order valence-electron chi connectivity index (χ4n) is 2.77. The molecule has 0 bridgehead atoms. The zero-order valence-electron chi connectivity index (χ0n) is 18.9. The second-order valence-corrected chi connectivity index (χ2v) is 7.28. The van der Waals surface area contributed by atoms with Gasteiger partial charge in [-0.25, -0.2) is 0 Å². The Morgan fingerprint density at radius 3 is 2.24 bits per heavy atom. The third-order valence-corrected chi connectivity index (χ3v) is 4.92. The fourth-order valence-corrected chi connectivity index (χ4v) is 3.29. The molecule has 1 atom stereocenters. The van der Waals surface area contributed by atoms with Gasteiger partial charge in [-0.05, 0) is 32.9 Å². The molecule has 2 aromatic carbocycles.